The summed E-state index contributed by atoms with van der Waals surface area (Å²) in [6, 6.07) is 7.96. The summed E-state index contributed by atoms with van der Waals surface area (Å²) in [5.74, 6) is -1.39. The molecule has 4 rings (SSSR count). The number of likely N-dealkylation sites (tertiary alicyclic amines) is 1. The Morgan fingerprint density at radius 3 is 2.46 bits per heavy atom. The Bertz CT molecular complexity index is 1070. The van der Waals surface area contributed by atoms with E-state index < -0.39 is 41.5 Å². The topological polar surface area (TPSA) is 121 Å². The van der Waals surface area contributed by atoms with Crippen molar-refractivity contribution in [2.45, 2.75) is 64.8 Å². The normalized spacial score (nSPS) is 23.5. The van der Waals surface area contributed by atoms with Crippen molar-refractivity contribution in [2.75, 3.05) is 19.6 Å². The molecule has 2 saturated heterocycles. The lowest BCUT2D eigenvalue weighted by atomic mass is 9.97. The Morgan fingerprint density at radius 1 is 1.05 bits per heavy atom. The Labute approximate surface area is 216 Å². The molecule has 1 aromatic carbocycles. The van der Waals surface area contributed by atoms with Gasteiger partial charge in [-0.25, -0.2) is 9.59 Å². The summed E-state index contributed by atoms with van der Waals surface area (Å²) in [4.78, 5) is 60.0. The average molecular weight is 514 g/mol. The molecule has 3 atom stereocenters. The van der Waals surface area contributed by atoms with Crippen LogP contribution in [0.5, 0.6) is 0 Å². The quantitative estimate of drug-likeness (QED) is 0.461. The van der Waals surface area contributed by atoms with Gasteiger partial charge in [0.2, 0.25) is 5.91 Å². The summed E-state index contributed by atoms with van der Waals surface area (Å²) < 4.78 is 5.41. The van der Waals surface area contributed by atoms with Gasteiger partial charge in [-0.1, -0.05) is 36.4 Å². The average Bonchev–Trinajstić information content (AvgIpc) is 3.10. The first-order valence-corrected chi connectivity index (χ1v) is 12.6. The van der Waals surface area contributed by atoms with Crippen molar-refractivity contribution in [1.82, 2.24) is 25.7 Å². The fourth-order valence-corrected chi connectivity index (χ4v) is 4.79. The lowest BCUT2D eigenvalue weighted by Gasteiger charge is -2.33. The fourth-order valence-electron chi connectivity index (χ4n) is 4.79. The van der Waals surface area contributed by atoms with Crippen LogP contribution in [0.4, 0.5) is 9.59 Å². The van der Waals surface area contributed by atoms with Crippen molar-refractivity contribution in [1.29, 1.82) is 0 Å². The van der Waals surface area contributed by atoms with Gasteiger partial charge in [0.15, 0.2) is 0 Å². The molecule has 0 saturated carbocycles. The van der Waals surface area contributed by atoms with E-state index in [1.165, 1.54) is 14.9 Å². The highest BCUT2D eigenvalue weighted by Gasteiger charge is 2.47. The molecule has 0 spiro atoms. The minimum atomic E-state index is -0.862. The van der Waals surface area contributed by atoms with E-state index in [1.807, 2.05) is 36.4 Å². The van der Waals surface area contributed by atoms with Crippen molar-refractivity contribution in [2.24, 2.45) is 5.92 Å². The number of hydrogen-bond donors (Lipinski definition) is 2. The molecule has 11 heteroatoms. The van der Waals surface area contributed by atoms with E-state index in [2.05, 4.69) is 10.9 Å². The van der Waals surface area contributed by atoms with Gasteiger partial charge >= 0.3 is 12.1 Å². The molecule has 0 aliphatic carbocycles. The van der Waals surface area contributed by atoms with Crippen LogP contribution in [0.1, 0.15) is 46.1 Å². The molecule has 0 aromatic heterocycles. The largest absolute Gasteiger partial charge is 0.444 e. The van der Waals surface area contributed by atoms with E-state index in [4.69, 9.17) is 9.57 Å². The number of nitrogens with one attached hydrogen (secondary N) is 2. The molecule has 0 radical (unpaired) electrons. The SMILES string of the molecule is CC1=C[C@@H]2CN(C(=O)N2OCc2ccccc2)[C@@H]1C(=O)NNC(=O)[C@@H]1CCCN(C(=O)OC(C)(C)C)C1. The number of hydrazine groups is 1. The molecule has 5 amide bonds. The molecule has 1 aromatic rings. The number of nitrogens with zero attached hydrogens (tertiary/aromatic N) is 3. The number of rotatable bonds is 5. The summed E-state index contributed by atoms with van der Waals surface area (Å²) in [6.07, 6.45) is 2.62. The van der Waals surface area contributed by atoms with Gasteiger partial charge in [-0.05, 0) is 51.7 Å². The molecule has 2 bridgehead atoms. The van der Waals surface area contributed by atoms with Crippen LogP contribution in [0.2, 0.25) is 0 Å². The van der Waals surface area contributed by atoms with E-state index >= 15 is 0 Å². The third kappa shape index (κ3) is 6.22. The zero-order valence-corrected chi connectivity index (χ0v) is 21.7. The highest BCUT2D eigenvalue weighted by molar-refractivity contribution is 5.93. The van der Waals surface area contributed by atoms with E-state index in [0.29, 0.717) is 31.5 Å². The Hall–Kier alpha value is -3.60. The zero-order valence-electron chi connectivity index (χ0n) is 21.7. The van der Waals surface area contributed by atoms with E-state index in [9.17, 15) is 19.2 Å². The predicted molar refractivity (Wildman–Crippen MR) is 133 cm³/mol. The molecule has 3 heterocycles. The van der Waals surface area contributed by atoms with Crippen LogP contribution < -0.4 is 10.9 Å². The summed E-state index contributed by atoms with van der Waals surface area (Å²) in [5.41, 5.74) is 5.95. The van der Waals surface area contributed by atoms with Crippen LogP contribution >= 0.6 is 0 Å². The minimum Gasteiger partial charge on any atom is -0.444 e. The lowest BCUT2D eigenvalue weighted by molar-refractivity contribution is -0.134. The van der Waals surface area contributed by atoms with Crippen molar-refractivity contribution < 1.29 is 28.8 Å². The lowest BCUT2D eigenvalue weighted by Crippen LogP contribution is -2.56. The molecular weight excluding hydrogens is 478 g/mol. The maximum Gasteiger partial charge on any atom is 0.410 e. The molecule has 2 N–H and O–H groups in total. The van der Waals surface area contributed by atoms with E-state index in [0.717, 1.165) is 5.56 Å². The van der Waals surface area contributed by atoms with Gasteiger partial charge in [-0.3, -0.25) is 25.3 Å². The van der Waals surface area contributed by atoms with Crippen LogP contribution in [0.3, 0.4) is 0 Å². The van der Waals surface area contributed by atoms with Crippen molar-refractivity contribution in [3.05, 3.63) is 47.5 Å². The maximum absolute atomic E-state index is 13.0. The van der Waals surface area contributed by atoms with Crippen LogP contribution in [0.25, 0.3) is 0 Å². The molecule has 0 unspecified atom stereocenters. The number of amides is 5. The Morgan fingerprint density at radius 2 is 1.76 bits per heavy atom. The molecule has 3 aliphatic heterocycles. The van der Waals surface area contributed by atoms with Crippen LogP contribution in [0, 0.1) is 5.92 Å². The van der Waals surface area contributed by atoms with Gasteiger partial charge in [0.25, 0.3) is 5.91 Å². The number of carbonyl (C=O) groups excluding carboxylic acids is 4. The molecular formula is C26H35N5O6. The van der Waals surface area contributed by atoms with Gasteiger partial charge in [0.05, 0.1) is 18.5 Å². The van der Waals surface area contributed by atoms with E-state index in [-0.39, 0.29) is 19.2 Å². The summed E-state index contributed by atoms with van der Waals surface area (Å²) in [6.45, 7) is 8.41. The monoisotopic (exact) mass is 513 g/mol. The summed E-state index contributed by atoms with van der Waals surface area (Å²) in [7, 11) is 0. The Kier molecular flexibility index (Phi) is 7.72. The summed E-state index contributed by atoms with van der Waals surface area (Å²) >= 11 is 0. The van der Waals surface area contributed by atoms with Crippen LogP contribution in [0.15, 0.2) is 42.0 Å². The first-order chi connectivity index (χ1) is 17.5. The van der Waals surface area contributed by atoms with Crippen LogP contribution in [-0.4, -0.2) is 76.1 Å². The van der Waals surface area contributed by atoms with Crippen molar-refractivity contribution >= 4 is 23.9 Å². The molecule has 2 fully saturated rings. The number of hydroxylamine groups is 2. The summed E-state index contributed by atoms with van der Waals surface area (Å²) in [5, 5.41) is 1.30. The fraction of sp³-hybridized carbons (Fsp3) is 0.538. The third-order valence-electron chi connectivity index (χ3n) is 6.53. The number of carbonyl (C=O) groups is 4. The number of fused-ring (bicyclic) bond motifs is 2. The van der Waals surface area contributed by atoms with Gasteiger partial charge in [-0.2, -0.15) is 5.06 Å². The second-order valence-electron chi connectivity index (χ2n) is 10.6. The molecule has 3 aliphatic rings. The third-order valence-corrected chi connectivity index (χ3v) is 6.53. The highest BCUT2D eigenvalue weighted by Crippen LogP contribution is 2.30. The first kappa shape index (κ1) is 26.5. The van der Waals surface area contributed by atoms with Gasteiger partial charge < -0.3 is 14.5 Å². The predicted octanol–water partition coefficient (Wildman–Crippen LogP) is 2.35. The number of ether oxygens (including phenoxy) is 1. The number of urea groups is 1. The second kappa shape index (κ2) is 10.8. The van der Waals surface area contributed by atoms with Crippen molar-refractivity contribution in [3.63, 3.8) is 0 Å². The highest BCUT2D eigenvalue weighted by atomic mass is 16.7. The molecule has 37 heavy (non-hydrogen) atoms. The maximum atomic E-state index is 13.0. The molecule has 11 nitrogen and oxygen atoms in total. The van der Waals surface area contributed by atoms with Crippen molar-refractivity contribution in [3.8, 4) is 0 Å². The smallest absolute Gasteiger partial charge is 0.410 e. The number of piperidine rings is 1. The first-order valence-electron chi connectivity index (χ1n) is 12.6. The van der Waals surface area contributed by atoms with E-state index in [1.54, 1.807) is 27.7 Å². The van der Waals surface area contributed by atoms with Gasteiger partial charge in [-0.15, -0.1) is 0 Å². The Balaban J connectivity index is 1.31. The van der Waals surface area contributed by atoms with Gasteiger partial charge in [0.1, 0.15) is 18.2 Å². The minimum absolute atomic E-state index is 0.207. The number of hydrogen-bond acceptors (Lipinski definition) is 6. The number of benzene rings is 1. The van der Waals surface area contributed by atoms with Gasteiger partial charge in [0, 0.05) is 13.1 Å². The van der Waals surface area contributed by atoms with Crippen LogP contribution in [-0.2, 0) is 25.8 Å². The zero-order chi connectivity index (χ0) is 26.7. The molecule has 200 valence electrons. The second-order valence-corrected chi connectivity index (χ2v) is 10.6. The standard InChI is InChI=1S/C26H35N5O6/c1-17-13-20-15-30(24(34)31(20)36-16-18-9-6-5-7-10-18)21(17)23(33)28-27-22(32)19-11-8-12-29(14-19)25(35)37-26(2,3)4/h5-7,9-10,13,19-21H,8,11-12,14-16H2,1-4H3,(H,27,32)(H,28,33)/t19-,20-,21+/m1/s1.